The van der Waals surface area contributed by atoms with Crippen molar-refractivity contribution in [3.8, 4) is 0 Å². The lowest BCUT2D eigenvalue weighted by Gasteiger charge is -2.27. The van der Waals surface area contributed by atoms with Crippen LogP contribution in [0.2, 0.25) is 0 Å². The molecule has 0 amide bonds. The van der Waals surface area contributed by atoms with Crippen molar-refractivity contribution in [2.75, 3.05) is 26.1 Å². The average molecular weight is 354 g/mol. The molecule has 1 N–H and O–H groups in total. The van der Waals surface area contributed by atoms with Gasteiger partial charge in [0.1, 0.15) is 0 Å². The highest BCUT2D eigenvalue weighted by molar-refractivity contribution is 7.87. The summed E-state index contributed by atoms with van der Waals surface area (Å²) in [6.45, 7) is 3.86. The van der Waals surface area contributed by atoms with E-state index in [2.05, 4.69) is 8.71 Å². The first-order chi connectivity index (χ1) is 9.02. The Labute approximate surface area is 118 Å². The summed E-state index contributed by atoms with van der Waals surface area (Å²) in [7, 11) is -13.2. The molecule has 0 spiro atoms. The van der Waals surface area contributed by atoms with Crippen molar-refractivity contribution in [2.24, 2.45) is 0 Å². The van der Waals surface area contributed by atoms with Gasteiger partial charge in [-0.05, 0) is 20.8 Å². The summed E-state index contributed by atoms with van der Waals surface area (Å²) in [6.07, 6.45) is 0.647. The molecule has 0 aliphatic heterocycles. The van der Waals surface area contributed by atoms with Crippen LogP contribution in [-0.4, -0.2) is 45.0 Å². The molecular formula is C8H20O9P2S. The molecule has 0 aromatic carbocycles. The van der Waals surface area contributed by atoms with Crippen LogP contribution < -0.4 is 0 Å². The van der Waals surface area contributed by atoms with Crippen molar-refractivity contribution in [1.82, 2.24) is 0 Å². The van der Waals surface area contributed by atoms with Gasteiger partial charge in [-0.25, -0.2) is 4.18 Å². The van der Waals surface area contributed by atoms with E-state index in [1.807, 2.05) is 0 Å². The minimum atomic E-state index is -4.69. The first kappa shape index (κ1) is 20.2. The molecule has 0 heterocycles. The fraction of sp³-hybridized carbons (Fsp3) is 1.00. The molecular weight excluding hydrogens is 334 g/mol. The fourth-order valence-electron chi connectivity index (χ4n) is 1.22. The first-order valence-corrected chi connectivity index (χ1v) is 10.8. The number of hydrogen-bond donors (Lipinski definition) is 1. The zero-order valence-electron chi connectivity index (χ0n) is 11.7. The summed E-state index contributed by atoms with van der Waals surface area (Å²) in [4.78, 5) is 9.74. The largest absolute Gasteiger partial charge is 0.373 e. The van der Waals surface area contributed by atoms with E-state index in [0.717, 1.165) is 0 Å². The Hall–Kier alpha value is 0.210. The van der Waals surface area contributed by atoms with Crippen LogP contribution in [0.4, 0.5) is 0 Å². The van der Waals surface area contributed by atoms with Gasteiger partial charge in [-0.15, -0.1) is 0 Å². The highest BCUT2D eigenvalue weighted by Gasteiger charge is 2.52. The molecule has 0 aromatic rings. The second-order valence-electron chi connectivity index (χ2n) is 3.48. The predicted molar refractivity (Wildman–Crippen MR) is 72.0 cm³/mol. The summed E-state index contributed by atoms with van der Waals surface area (Å²) in [5.74, 6) is 0. The zero-order chi connectivity index (χ0) is 16.0. The van der Waals surface area contributed by atoms with E-state index in [1.54, 1.807) is 0 Å². The van der Waals surface area contributed by atoms with Crippen molar-refractivity contribution in [2.45, 2.75) is 26.4 Å². The summed E-state index contributed by atoms with van der Waals surface area (Å²) >= 11 is 0. The molecule has 2 unspecified atom stereocenters. The van der Waals surface area contributed by atoms with Crippen molar-refractivity contribution in [3.05, 3.63) is 0 Å². The van der Waals surface area contributed by atoms with Crippen LogP contribution in [0.1, 0.15) is 20.8 Å². The second-order valence-corrected chi connectivity index (χ2v) is 9.41. The Morgan fingerprint density at radius 2 is 1.40 bits per heavy atom. The average Bonchev–Trinajstić information content (AvgIpc) is 2.25. The number of hydrogen-bond acceptors (Lipinski definition) is 8. The first-order valence-electron chi connectivity index (χ1n) is 5.76. The molecule has 0 fully saturated rings. The van der Waals surface area contributed by atoms with Gasteiger partial charge in [0.25, 0.3) is 15.7 Å². The molecule has 0 aromatic heterocycles. The lowest BCUT2D eigenvalue weighted by molar-refractivity contribution is 0.167. The minimum Gasteiger partial charge on any atom is -0.322 e. The maximum atomic E-state index is 12.5. The summed E-state index contributed by atoms with van der Waals surface area (Å²) in [6, 6.07) is 0. The van der Waals surface area contributed by atoms with Crippen LogP contribution in [-0.2, 0) is 37.0 Å². The van der Waals surface area contributed by atoms with Crippen LogP contribution in [0.5, 0.6) is 0 Å². The van der Waals surface area contributed by atoms with Gasteiger partial charge in [-0.1, -0.05) is 0 Å². The maximum Gasteiger partial charge on any atom is 0.373 e. The van der Waals surface area contributed by atoms with Gasteiger partial charge in [-0.2, -0.15) is 8.42 Å². The van der Waals surface area contributed by atoms with Gasteiger partial charge in [0.15, 0.2) is 0 Å². The molecule has 0 aliphatic rings. The molecule has 0 bridgehead atoms. The summed E-state index contributed by atoms with van der Waals surface area (Å²) in [5.41, 5.74) is -2.26. The Bertz CT molecular complexity index is 478. The van der Waals surface area contributed by atoms with Crippen molar-refractivity contribution < 1.29 is 40.2 Å². The van der Waals surface area contributed by atoms with Crippen molar-refractivity contribution in [1.29, 1.82) is 0 Å². The predicted octanol–water partition coefficient (Wildman–Crippen LogP) is 1.73. The van der Waals surface area contributed by atoms with Crippen molar-refractivity contribution in [3.63, 3.8) is 0 Å². The van der Waals surface area contributed by atoms with E-state index in [1.165, 1.54) is 20.8 Å². The van der Waals surface area contributed by atoms with Gasteiger partial charge in [0.05, 0.1) is 26.1 Å². The maximum absolute atomic E-state index is 12.5. The molecule has 0 radical (unpaired) electrons. The van der Waals surface area contributed by atoms with Crippen LogP contribution in [0.15, 0.2) is 0 Å². The Balaban J connectivity index is 5.71. The Morgan fingerprint density at radius 1 is 1.00 bits per heavy atom. The molecule has 0 rings (SSSR count). The highest BCUT2D eigenvalue weighted by Crippen LogP contribution is 2.68. The second kappa shape index (κ2) is 8.00. The smallest absolute Gasteiger partial charge is 0.322 e. The Kier molecular flexibility index (Phi) is 8.09. The van der Waals surface area contributed by atoms with Crippen LogP contribution in [0, 0.1) is 0 Å². The van der Waals surface area contributed by atoms with E-state index < -0.39 is 30.9 Å². The standard InChI is InChI=1S/C8H20O9P2S/c1-5-14-18(9,10)8(17-20(4,12)13)19(11,15-6-2)16-7-3/h8H,5-7H2,1-4H3,(H,9,10). The molecule has 12 heteroatoms. The topological polar surface area (TPSA) is 125 Å². The molecule has 0 saturated heterocycles. The monoisotopic (exact) mass is 354 g/mol. The lowest BCUT2D eigenvalue weighted by atomic mass is 10.9. The van der Waals surface area contributed by atoms with Crippen LogP contribution in [0.25, 0.3) is 0 Å². The summed E-state index contributed by atoms with van der Waals surface area (Å²) < 4.78 is 65.6. The Morgan fingerprint density at radius 3 is 1.70 bits per heavy atom. The quantitative estimate of drug-likeness (QED) is 0.461. The fourth-order valence-corrected chi connectivity index (χ4v) is 6.90. The molecule has 122 valence electrons. The third-order valence-corrected chi connectivity index (χ3v) is 7.47. The molecule has 0 aliphatic carbocycles. The van der Waals surface area contributed by atoms with E-state index in [0.29, 0.717) is 6.26 Å². The van der Waals surface area contributed by atoms with E-state index in [-0.39, 0.29) is 19.8 Å². The minimum absolute atomic E-state index is 0.132. The van der Waals surface area contributed by atoms with Gasteiger partial charge in [0.2, 0.25) is 0 Å². The molecule has 2 atom stereocenters. The molecule has 0 saturated carbocycles. The zero-order valence-corrected chi connectivity index (χ0v) is 14.3. The SMILES string of the molecule is CCOP(=O)(O)C(OS(C)(=O)=O)P(=O)(OCC)OCC. The van der Waals surface area contributed by atoms with Gasteiger partial charge < -0.3 is 18.5 Å². The van der Waals surface area contributed by atoms with E-state index in [9.17, 15) is 22.4 Å². The molecule has 9 nitrogen and oxygen atoms in total. The number of rotatable bonds is 10. The van der Waals surface area contributed by atoms with E-state index in [4.69, 9.17) is 9.05 Å². The normalized spacial score (nSPS) is 17.6. The van der Waals surface area contributed by atoms with Crippen LogP contribution >= 0.6 is 15.2 Å². The highest BCUT2D eigenvalue weighted by atomic mass is 32.2. The van der Waals surface area contributed by atoms with E-state index >= 15 is 0 Å². The van der Waals surface area contributed by atoms with Crippen molar-refractivity contribution >= 4 is 25.3 Å². The molecule has 20 heavy (non-hydrogen) atoms. The van der Waals surface area contributed by atoms with Gasteiger partial charge >= 0.3 is 15.2 Å². The summed E-state index contributed by atoms with van der Waals surface area (Å²) in [5, 5.41) is 0. The third-order valence-electron chi connectivity index (χ3n) is 1.74. The lowest BCUT2D eigenvalue weighted by Crippen LogP contribution is -2.22. The van der Waals surface area contributed by atoms with Gasteiger partial charge in [0, 0.05) is 0 Å². The third kappa shape index (κ3) is 6.32. The van der Waals surface area contributed by atoms with Crippen LogP contribution in [0.3, 0.4) is 0 Å². The van der Waals surface area contributed by atoms with Gasteiger partial charge in [-0.3, -0.25) is 9.13 Å².